The van der Waals surface area contributed by atoms with E-state index >= 15 is 0 Å². The van der Waals surface area contributed by atoms with Gasteiger partial charge in [0.2, 0.25) is 5.95 Å². The van der Waals surface area contributed by atoms with Crippen molar-refractivity contribution in [3.63, 3.8) is 0 Å². The second-order valence-corrected chi connectivity index (χ2v) is 15.9. The van der Waals surface area contributed by atoms with Crippen LogP contribution in [0.1, 0.15) is 66.6 Å². The van der Waals surface area contributed by atoms with Gasteiger partial charge in [-0.1, -0.05) is 0 Å². The molecule has 58 heavy (non-hydrogen) atoms. The van der Waals surface area contributed by atoms with E-state index in [1.165, 1.54) is 29.1 Å². The van der Waals surface area contributed by atoms with E-state index in [0.717, 1.165) is 18.6 Å². The first-order valence-electron chi connectivity index (χ1n) is 19.2. The van der Waals surface area contributed by atoms with Gasteiger partial charge in [0.05, 0.1) is 28.0 Å². The van der Waals surface area contributed by atoms with Gasteiger partial charge in [0.15, 0.2) is 5.69 Å². The first-order chi connectivity index (χ1) is 27.7. The zero-order valence-electron chi connectivity index (χ0n) is 30.8. The fraction of sp³-hybridized carbons (Fsp3) is 0.415. The Balaban J connectivity index is 1.08. The van der Waals surface area contributed by atoms with E-state index in [4.69, 9.17) is 4.74 Å². The third kappa shape index (κ3) is 6.57. The largest absolute Gasteiger partial charge is 0.490 e. The van der Waals surface area contributed by atoms with Crippen molar-refractivity contribution in [2.45, 2.75) is 68.9 Å². The average Bonchev–Trinajstić information content (AvgIpc) is 3.57. The van der Waals surface area contributed by atoms with Crippen LogP contribution in [0, 0.1) is 23.7 Å². The smallest absolute Gasteiger partial charge is 0.434 e. The summed E-state index contributed by atoms with van der Waals surface area (Å²) >= 11 is 0. The zero-order valence-corrected chi connectivity index (χ0v) is 30.8. The number of ether oxygens (including phenoxy) is 1. The lowest BCUT2D eigenvalue weighted by atomic mass is 9.48. The van der Waals surface area contributed by atoms with Crippen LogP contribution in [0.25, 0.3) is 27.8 Å². The predicted octanol–water partition coefficient (Wildman–Crippen LogP) is 7.97. The normalized spacial score (nSPS) is 24.6. The average molecular weight is 806 g/mol. The van der Waals surface area contributed by atoms with Gasteiger partial charge in [-0.3, -0.25) is 9.78 Å². The number of hydrogen-bond donors (Lipinski definition) is 2. The highest BCUT2D eigenvalue weighted by Crippen LogP contribution is 2.58. The molecule has 1 saturated heterocycles. The summed E-state index contributed by atoms with van der Waals surface area (Å²) in [6.07, 6.45) is 0.721. The first-order valence-corrected chi connectivity index (χ1v) is 19.2. The molecule has 4 bridgehead atoms. The zero-order chi connectivity index (χ0) is 40.6. The van der Waals surface area contributed by atoms with Crippen LogP contribution in [0.2, 0.25) is 0 Å². The Bertz CT molecular complexity index is 2370. The number of aromatic nitrogens is 5. The van der Waals surface area contributed by atoms with Crippen molar-refractivity contribution in [2.75, 3.05) is 18.0 Å². The van der Waals surface area contributed by atoms with E-state index in [9.17, 15) is 41.0 Å². The minimum Gasteiger partial charge on any atom is -0.490 e. The predicted molar refractivity (Wildman–Crippen MR) is 197 cm³/mol. The van der Waals surface area contributed by atoms with Crippen molar-refractivity contribution in [2.24, 2.45) is 23.7 Å². The lowest BCUT2D eigenvalue weighted by Crippen LogP contribution is -2.70. The molecule has 0 spiro atoms. The van der Waals surface area contributed by atoms with Crippen molar-refractivity contribution in [3.05, 3.63) is 90.3 Å². The van der Waals surface area contributed by atoms with Gasteiger partial charge in [0.25, 0.3) is 5.91 Å². The Morgan fingerprint density at radius 2 is 1.55 bits per heavy atom. The van der Waals surface area contributed by atoms with Gasteiger partial charge in [0.1, 0.15) is 17.4 Å². The number of amides is 1. The van der Waals surface area contributed by atoms with Gasteiger partial charge < -0.3 is 24.6 Å². The fourth-order valence-corrected chi connectivity index (χ4v) is 10.1. The maximum absolute atomic E-state index is 14.9. The number of aliphatic carboxylic acids is 1. The SMILES string of the molecule is O=C(NC1(C(=O)O)C2CC3CC(C2)CC1C3)c1ccc(-c2cn(-c3ccncc3C(F)(F)F)c3cc(OC4CCN(c5ncccn5)CC4)ccc23)nc1C(F)(F)F. The number of nitrogens with one attached hydrogen (secondary N) is 1. The number of benzene rings is 1. The molecular weight excluding hydrogens is 768 g/mol. The van der Waals surface area contributed by atoms with Gasteiger partial charge in [-0.2, -0.15) is 26.3 Å². The maximum Gasteiger partial charge on any atom is 0.434 e. The molecule has 5 heterocycles. The molecule has 0 atom stereocenters. The molecule has 4 aromatic heterocycles. The molecule has 4 saturated carbocycles. The molecule has 302 valence electrons. The van der Waals surface area contributed by atoms with E-state index in [1.54, 1.807) is 30.6 Å². The monoisotopic (exact) mass is 805 g/mol. The molecule has 5 aromatic rings. The molecular formula is C41H37F6N7O4. The molecule has 10 rings (SSSR count). The van der Waals surface area contributed by atoms with Crippen molar-refractivity contribution < 1.29 is 45.8 Å². The first kappa shape index (κ1) is 37.8. The number of fused-ring (bicyclic) bond motifs is 1. The summed E-state index contributed by atoms with van der Waals surface area (Å²) < 4.78 is 95.2. The minimum atomic E-state index is -5.15. The number of anilines is 1. The van der Waals surface area contributed by atoms with Crippen LogP contribution in [-0.2, 0) is 17.1 Å². The summed E-state index contributed by atoms with van der Waals surface area (Å²) in [7, 11) is 0. The van der Waals surface area contributed by atoms with Gasteiger partial charge in [-0.05, 0) is 92.2 Å². The lowest BCUT2D eigenvalue weighted by molar-refractivity contribution is -0.163. The topological polar surface area (TPSA) is 135 Å². The van der Waals surface area contributed by atoms with E-state index < -0.39 is 58.4 Å². The van der Waals surface area contributed by atoms with Crippen LogP contribution in [0.4, 0.5) is 32.3 Å². The van der Waals surface area contributed by atoms with Crippen molar-refractivity contribution >= 4 is 28.7 Å². The molecule has 17 heteroatoms. The Morgan fingerprint density at radius 1 is 0.862 bits per heavy atom. The second kappa shape index (κ2) is 14.0. The standard InChI is InChI=1S/C41H37F6N7O4/c42-40(43,44)31-20-48-11-6-33(31)54-21-30(28-3-2-27(19-34(28)54)58-26-7-12-53(13-8-26)38-49-9-1-10-50-38)32-5-4-29(35(51-32)41(45,46)47)36(55)52-39(37(56)57)24-15-22-14-23(17-24)18-25(39)16-22/h1-6,9-11,19-26H,7-8,12-18H2,(H,52,55)(H,56,57). The Labute approximate surface area is 327 Å². The summed E-state index contributed by atoms with van der Waals surface area (Å²) in [5.74, 6) is -1.68. The molecule has 4 aliphatic carbocycles. The number of piperidine rings is 1. The highest BCUT2D eigenvalue weighted by Gasteiger charge is 2.62. The molecule has 1 aromatic carbocycles. The summed E-state index contributed by atoms with van der Waals surface area (Å²) in [5.41, 5.74) is -5.50. The Hall–Kier alpha value is -5.74. The lowest BCUT2D eigenvalue weighted by Gasteiger charge is -2.59. The number of carbonyl (C=O) groups is 2. The van der Waals surface area contributed by atoms with E-state index in [2.05, 4.69) is 25.3 Å². The highest BCUT2D eigenvalue weighted by atomic mass is 19.4. The third-order valence-electron chi connectivity index (χ3n) is 12.5. The number of carboxylic acids is 1. The number of nitrogens with zero attached hydrogens (tertiary/aromatic N) is 6. The quantitative estimate of drug-likeness (QED) is 0.150. The van der Waals surface area contributed by atoms with E-state index in [0.29, 0.717) is 81.3 Å². The maximum atomic E-state index is 14.9. The molecule has 5 aliphatic rings. The van der Waals surface area contributed by atoms with Crippen LogP contribution in [0.3, 0.4) is 0 Å². The number of carboxylic acid groups (broad SMARTS) is 1. The van der Waals surface area contributed by atoms with Crippen molar-refractivity contribution in [3.8, 4) is 22.7 Å². The molecule has 5 fully saturated rings. The Morgan fingerprint density at radius 3 is 2.19 bits per heavy atom. The summed E-state index contributed by atoms with van der Waals surface area (Å²) in [6.45, 7) is 1.20. The number of hydrogen-bond acceptors (Lipinski definition) is 8. The molecule has 0 radical (unpaired) electrons. The summed E-state index contributed by atoms with van der Waals surface area (Å²) in [6, 6.07) is 9.72. The van der Waals surface area contributed by atoms with Crippen LogP contribution in [0.5, 0.6) is 5.75 Å². The molecule has 0 unspecified atom stereocenters. The van der Waals surface area contributed by atoms with E-state index in [1.807, 2.05) is 4.90 Å². The molecule has 1 amide bonds. The van der Waals surface area contributed by atoms with Gasteiger partial charge in [-0.15, -0.1) is 0 Å². The number of pyridine rings is 2. The molecule has 11 nitrogen and oxygen atoms in total. The number of alkyl halides is 6. The summed E-state index contributed by atoms with van der Waals surface area (Å²) in [4.78, 5) is 44.9. The molecule has 1 aliphatic heterocycles. The van der Waals surface area contributed by atoms with Gasteiger partial charge in [-0.25, -0.2) is 19.7 Å². The molecule has 2 N–H and O–H groups in total. The van der Waals surface area contributed by atoms with Crippen LogP contribution < -0.4 is 15.0 Å². The van der Waals surface area contributed by atoms with Crippen molar-refractivity contribution in [1.82, 2.24) is 29.8 Å². The Kier molecular flexibility index (Phi) is 9.11. The van der Waals surface area contributed by atoms with Crippen molar-refractivity contribution in [1.29, 1.82) is 0 Å². The third-order valence-corrected chi connectivity index (χ3v) is 12.5. The highest BCUT2D eigenvalue weighted by molar-refractivity contribution is 6.01. The summed E-state index contributed by atoms with van der Waals surface area (Å²) in [5, 5.41) is 13.3. The number of rotatable bonds is 8. The van der Waals surface area contributed by atoms with Crippen LogP contribution in [-0.4, -0.2) is 66.2 Å². The number of halogens is 6. The van der Waals surface area contributed by atoms with Gasteiger partial charge >= 0.3 is 18.3 Å². The van der Waals surface area contributed by atoms with E-state index in [-0.39, 0.29) is 34.0 Å². The minimum absolute atomic E-state index is 0.0585. The van der Waals surface area contributed by atoms with Crippen LogP contribution >= 0.6 is 0 Å². The second-order valence-electron chi connectivity index (χ2n) is 15.9. The van der Waals surface area contributed by atoms with Crippen LogP contribution in [0.15, 0.2) is 73.4 Å². The fourth-order valence-electron chi connectivity index (χ4n) is 10.1. The number of carbonyl (C=O) groups excluding carboxylic acids is 1. The van der Waals surface area contributed by atoms with Gasteiger partial charge in [0, 0.05) is 73.9 Å².